The summed E-state index contributed by atoms with van der Waals surface area (Å²) in [6.07, 6.45) is 4.54. The summed E-state index contributed by atoms with van der Waals surface area (Å²) in [4.78, 5) is 0. The molecule has 0 fully saturated rings. The summed E-state index contributed by atoms with van der Waals surface area (Å²) in [6, 6.07) is 10.7. The Balaban J connectivity index is 0.000000386. The van der Waals surface area contributed by atoms with E-state index in [0.717, 1.165) is 6.42 Å². The second kappa shape index (κ2) is 6.26. The highest BCUT2D eigenvalue weighted by Crippen LogP contribution is 2.10. The molecule has 0 saturated carbocycles. The maximum Gasteiger partial charge on any atom is 0.212 e. The lowest BCUT2D eigenvalue weighted by Gasteiger charge is -1.99. The Kier molecular flexibility index (Phi) is 4.97. The maximum absolute atomic E-state index is 2.26. The molecule has 1 heterocycles. The monoisotopic (exact) mass is 216 g/mol. The number of para-hydroxylation sites is 1. The molecule has 0 saturated heterocycles. The van der Waals surface area contributed by atoms with Crippen molar-refractivity contribution in [1.29, 1.82) is 0 Å². The van der Waals surface area contributed by atoms with Crippen molar-refractivity contribution >= 4 is 10.9 Å². The van der Waals surface area contributed by atoms with Crippen molar-refractivity contribution in [2.24, 2.45) is 7.05 Å². The molecule has 1 aromatic carbocycles. The minimum Gasteiger partial charge on any atom is -0.201 e. The number of nitrogens with zero attached hydrogens (tertiary/aromatic N) is 1. The molecule has 0 radical (unpaired) electrons. The van der Waals surface area contributed by atoms with Crippen LogP contribution in [0.4, 0.5) is 0 Å². The van der Waals surface area contributed by atoms with Gasteiger partial charge in [0.25, 0.3) is 0 Å². The Hall–Kier alpha value is -1.37. The van der Waals surface area contributed by atoms with Gasteiger partial charge in [-0.1, -0.05) is 39.3 Å². The summed E-state index contributed by atoms with van der Waals surface area (Å²) < 4.78 is 2.19. The lowest BCUT2D eigenvalue weighted by molar-refractivity contribution is -0.645. The second-order valence-electron chi connectivity index (χ2n) is 4.08. The first-order valence-corrected chi connectivity index (χ1v) is 6.10. The first kappa shape index (κ1) is 12.7. The normalized spacial score (nSPS) is 9.75. The van der Waals surface area contributed by atoms with Gasteiger partial charge in [-0.2, -0.15) is 0 Å². The molecule has 0 atom stereocenters. The Morgan fingerprint density at radius 3 is 2.31 bits per heavy atom. The van der Waals surface area contributed by atoms with Crippen LogP contribution in [0.25, 0.3) is 10.9 Å². The maximum atomic E-state index is 2.26. The van der Waals surface area contributed by atoms with Crippen molar-refractivity contribution in [2.45, 2.75) is 33.6 Å². The van der Waals surface area contributed by atoms with Crippen LogP contribution < -0.4 is 4.57 Å². The molecule has 0 N–H and O–H groups in total. The third-order valence-electron chi connectivity index (χ3n) is 2.43. The van der Waals surface area contributed by atoms with E-state index in [1.807, 2.05) is 0 Å². The van der Waals surface area contributed by atoms with E-state index in [9.17, 15) is 0 Å². The highest BCUT2D eigenvalue weighted by Gasteiger charge is 2.04. The summed E-state index contributed by atoms with van der Waals surface area (Å²) in [5, 5.41) is 1.32. The number of aryl methyl sites for hydroxylation is 2. The van der Waals surface area contributed by atoms with E-state index in [-0.39, 0.29) is 0 Å². The van der Waals surface area contributed by atoms with Crippen LogP contribution in [0.5, 0.6) is 0 Å². The van der Waals surface area contributed by atoms with Crippen molar-refractivity contribution < 1.29 is 4.57 Å². The molecule has 0 unspecified atom stereocenters. The molecule has 0 aliphatic carbocycles. The molecule has 1 heteroatoms. The van der Waals surface area contributed by atoms with Crippen molar-refractivity contribution in [3.63, 3.8) is 0 Å². The molecule has 2 aromatic rings. The van der Waals surface area contributed by atoms with E-state index in [4.69, 9.17) is 0 Å². The van der Waals surface area contributed by atoms with Crippen LogP contribution in [0.1, 0.15) is 32.8 Å². The van der Waals surface area contributed by atoms with Gasteiger partial charge in [0.05, 0.1) is 0 Å². The quantitative estimate of drug-likeness (QED) is 0.641. The fourth-order valence-electron chi connectivity index (χ4n) is 1.68. The smallest absolute Gasteiger partial charge is 0.201 e. The number of pyridine rings is 1. The van der Waals surface area contributed by atoms with Gasteiger partial charge in [0.15, 0.2) is 6.20 Å². The summed E-state index contributed by atoms with van der Waals surface area (Å²) in [7, 11) is 2.10. The average Bonchev–Trinajstić information content (AvgIpc) is 2.30. The minimum absolute atomic E-state index is 1.10. The SMILES string of the molecule is CCC.CCc1cc2ccccc2[n+](C)c1. The van der Waals surface area contributed by atoms with Crippen LogP contribution in [-0.4, -0.2) is 0 Å². The third-order valence-corrected chi connectivity index (χ3v) is 2.43. The number of aromatic nitrogens is 1. The zero-order chi connectivity index (χ0) is 12.0. The minimum atomic E-state index is 1.10. The van der Waals surface area contributed by atoms with Gasteiger partial charge in [-0.3, -0.25) is 0 Å². The van der Waals surface area contributed by atoms with Gasteiger partial charge in [-0.15, -0.1) is 0 Å². The summed E-state index contributed by atoms with van der Waals surface area (Å²) in [5.41, 5.74) is 2.68. The number of hydrogen-bond acceptors (Lipinski definition) is 0. The molecule has 0 aliphatic heterocycles. The zero-order valence-electron chi connectivity index (χ0n) is 10.8. The molecule has 2 rings (SSSR count). The predicted molar refractivity (Wildman–Crippen MR) is 70.5 cm³/mol. The number of rotatable bonds is 1. The summed E-state index contributed by atoms with van der Waals surface area (Å²) in [6.45, 7) is 6.43. The summed E-state index contributed by atoms with van der Waals surface area (Å²) in [5.74, 6) is 0. The number of hydrogen-bond donors (Lipinski definition) is 0. The standard InChI is InChI=1S/C12H14N.C3H8/c1-3-10-8-11-6-4-5-7-12(11)13(2)9-10;1-3-2/h4-9H,3H2,1-2H3;3H2,1-2H3/q+1;. The van der Waals surface area contributed by atoms with E-state index < -0.39 is 0 Å². The molecule has 0 aliphatic rings. The largest absolute Gasteiger partial charge is 0.212 e. The third kappa shape index (κ3) is 3.06. The average molecular weight is 216 g/mol. The predicted octanol–water partition coefficient (Wildman–Crippen LogP) is 3.64. The molecule has 0 spiro atoms. The highest BCUT2D eigenvalue weighted by molar-refractivity contribution is 5.75. The zero-order valence-corrected chi connectivity index (χ0v) is 10.8. The fourth-order valence-corrected chi connectivity index (χ4v) is 1.68. The number of fused-ring (bicyclic) bond motifs is 1. The van der Waals surface area contributed by atoms with E-state index in [1.54, 1.807) is 0 Å². The van der Waals surface area contributed by atoms with Gasteiger partial charge in [0.1, 0.15) is 7.05 Å². The van der Waals surface area contributed by atoms with E-state index in [1.165, 1.54) is 22.9 Å². The van der Waals surface area contributed by atoms with Crippen molar-refractivity contribution in [1.82, 2.24) is 0 Å². The Morgan fingerprint density at radius 1 is 1.06 bits per heavy atom. The lowest BCUT2D eigenvalue weighted by atomic mass is 10.1. The van der Waals surface area contributed by atoms with Gasteiger partial charge in [0.2, 0.25) is 5.52 Å². The van der Waals surface area contributed by atoms with Gasteiger partial charge in [-0.25, -0.2) is 4.57 Å². The fraction of sp³-hybridized carbons (Fsp3) is 0.400. The van der Waals surface area contributed by atoms with E-state index in [0.29, 0.717) is 0 Å². The van der Waals surface area contributed by atoms with E-state index in [2.05, 4.69) is 68.9 Å². The molecule has 86 valence electrons. The topological polar surface area (TPSA) is 3.88 Å². The summed E-state index contributed by atoms with van der Waals surface area (Å²) >= 11 is 0. The van der Waals surface area contributed by atoms with Gasteiger partial charge in [0, 0.05) is 17.0 Å². The lowest BCUT2D eigenvalue weighted by Crippen LogP contribution is -2.28. The van der Waals surface area contributed by atoms with Crippen molar-refractivity contribution in [3.05, 3.63) is 42.1 Å². The van der Waals surface area contributed by atoms with Crippen LogP contribution in [0.15, 0.2) is 36.5 Å². The molecule has 1 aromatic heterocycles. The van der Waals surface area contributed by atoms with Crippen LogP contribution >= 0.6 is 0 Å². The highest BCUT2D eigenvalue weighted by atomic mass is 14.9. The van der Waals surface area contributed by atoms with Crippen LogP contribution in [0.3, 0.4) is 0 Å². The molecule has 0 bridgehead atoms. The Labute approximate surface area is 98.7 Å². The Bertz CT molecular complexity index is 446. The van der Waals surface area contributed by atoms with Crippen LogP contribution in [0.2, 0.25) is 0 Å². The van der Waals surface area contributed by atoms with Gasteiger partial charge < -0.3 is 0 Å². The van der Waals surface area contributed by atoms with Gasteiger partial charge in [-0.05, 0) is 18.6 Å². The second-order valence-corrected chi connectivity index (χ2v) is 4.08. The molecular weight excluding hydrogens is 194 g/mol. The van der Waals surface area contributed by atoms with E-state index >= 15 is 0 Å². The first-order valence-electron chi connectivity index (χ1n) is 6.10. The molecule has 1 nitrogen and oxygen atoms in total. The molecular formula is C15H22N+. The van der Waals surface area contributed by atoms with Crippen LogP contribution in [0, 0.1) is 0 Å². The molecule has 0 amide bonds. The van der Waals surface area contributed by atoms with Crippen LogP contribution in [-0.2, 0) is 13.5 Å². The van der Waals surface area contributed by atoms with Gasteiger partial charge >= 0.3 is 0 Å². The van der Waals surface area contributed by atoms with Crippen molar-refractivity contribution in [3.8, 4) is 0 Å². The Morgan fingerprint density at radius 2 is 1.69 bits per heavy atom. The van der Waals surface area contributed by atoms with Crippen molar-refractivity contribution in [2.75, 3.05) is 0 Å². The first-order chi connectivity index (χ1) is 7.72. The molecule has 16 heavy (non-hydrogen) atoms. The number of benzene rings is 1.